The van der Waals surface area contributed by atoms with Crippen LogP contribution in [0.1, 0.15) is 36.9 Å². The molecule has 3 aromatic heterocycles. The maximum Gasteiger partial charge on any atom is 0.253 e. The Morgan fingerprint density at radius 2 is 1.85 bits per heavy atom. The van der Waals surface area contributed by atoms with Crippen molar-refractivity contribution < 1.29 is 9.90 Å². The second kappa shape index (κ2) is 9.53. The van der Waals surface area contributed by atoms with Crippen LogP contribution in [0.2, 0.25) is 0 Å². The van der Waals surface area contributed by atoms with E-state index in [0.29, 0.717) is 41.0 Å². The van der Waals surface area contributed by atoms with Crippen LogP contribution in [-0.2, 0) is 11.3 Å². The second-order valence-electron chi connectivity index (χ2n) is 11.9. The van der Waals surface area contributed by atoms with Crippen LogP contribution in [-0.4, -0.2) is 74.5 Å². The van der Waals surface area contributed by atoms with Gasteiger partial charge in [0.15, 0.2) is 10.8 Å². The Hall–Kier alpha value is -4.01. The summed E-state index contributed by atoms with van der Waals surface area (Å²) in [7, 11) is 1.96. The van der Waals surface area contributed by atoms with E-state index in [-0.39, 0.29) is 11.3 Å². The number of amides is 1. The highest BCUT2D eigenvalue weighted by atomic mass is 32.1. The molecule has 2 aliphatic rings. The molecule has 41 heavy (non-hydrogen) atoms. The fourth-order valence-corrected chi connectivity index (χ4v) is 6.82. The number of aromatic nitrogens is 4. The second-order valence-corrected chi connectivity index (χ2v) is 12.9. The lowest BCUT2D eigenvalue weighted by atomic mass is 9.72. The van der Waals surface area contributed by atoms with Crippen LogP contribution in [0.15, 0.2) is 30.3 Å². The number of aliphatic hydroxyl groups is 1. The van der Waals surface area contributed by atoms with Gasteiger partial charge in [-0.15, -0.1) is 0 Å². The fourth-order valence-electron chi connectivity index (χ4n) is 5.97. The summed E-state index contributed by atoms with van der Waals surface area (Å²) in [5.41, 5.74) is 4.12. The van der Waals surface area contributed by atoms with E-state index < -0.39 is 5.60 Å². The lowest BCUT2D eigenvalue weighted by Crippen LogP contribution is -2.74. The Morgan fingerprint density at radius 1 is 1.17 bits per heavy atom. The van der Waals surface area contributed by atoms with Crippen molar-refractivity contribution in [1.82, 2.24) is 24.6 Å². The largest absolute Gasteiger partial charge is 0.381 e. The molecule has 0 aliphatic carbocycles. The van der Waals surface area contributed by atoms with Crippen molar-refractivity contribution >= 4 is 44.9 Å². The minimum atomic E-state index is -1.34. The smallest absolute Gasteiger partial charge is 0.253 e. The summed E-state index contributed by atoms with van der Waals surface area (Å²) in [6.07, 6.45) is 0. The number of carbonyl (C=O) groups is 1. The Kier molecular flexibility index (Phi) is 6.32. The van der Waals surface area contributed by atoms with Gasteiger partial charge in [0, 0.05) is 50.7 Å². The van der Waals surface area contributed by atoms with E-state index in [9.17, 15) is 15.2 Å². The van der Waals surface area contributed by atoms with Crippen molar-refractivity contribution in [2.75, 3.05) is 43.0 Å². The number of pyridine rings is 1. The fraction of sp³-hybridized carbons (Fsp3) is 0.433. The van der Waals surface area contributed by atoms with Crippen molar-refractivity contribution in [3.63, 3.8) is 0 Å². The third-order valence-corrected chi connectivity index (χ3v) is 9.11. The van der Waals surface area contributed by atoms with Gasteiger partial charge in [-0.1, -0.05) is 41.2 Å². The minimum absolute atomic E-state index is 0.0660. The standard InChI is InChI=1S/C30H34N8O2S/c1-7-38-26(35(6)28-33-24(23(13-31)41-28)20-10-8-18(2)9-11-20)21-12-22(19(3)32-25(21)34-38)36-14-30(15-36)16-37(17-30)27(39)29(4,5)40/h8-12,40H,7,14-17H2,1-6H3. The molecule has 0 saturated carbocycles. The number of thiazole rings is 1. The van der Waals surface area contributed by atoms with Crippen LogP contribution in [0.3, 0.4) is 0 Å². The molecule has 0 radical (unpaired) electrons. The Labute approximate surface area is 243 Å². The van der Waals surface area contributed by atoms with E-state index in [1.165, 1.54) is 11.3 Å². The maximum atomic E-state index is 12.4. The van der Waals surface area contributed by atoms with Crippen molar-refractivity contribution in [3.05, 3.63) is 46.5 Å². The van der Waals surface area contributed by atoms with Crippen molar-refractivity contribution in [2.24, 2.45) is 5.41 Å². The molecule has 10 nitrogen and oxygen atoms in total. The predicted octanol–water partition coefficient (Wildman–Crippen LogP) is 4.25. The van der Waals surface area contributed by atoms with Gasteiger partial charge < -0.3 is 19.8 Å². The number of nitriles is 1. The number of nitrogens with zero attached hydrogens (tertiary/aromatic N) is 8. The van der Waals surface area contributed by atoms with Crippen molar-refractivity contribution in [2.45, 2.75) is 46.8 Å². The third-order valence-electron chi connectivity index (χ3n) is 8.07. The summed E-state index contributed by atoms with van der Waals surface area (Å²) in [6.45, 7) is 12.8. The Balaban J connectivity index is 1.30. The van der Waals surface area contributed by atoms with E-state index in [1.807, 2.05) is 61.7 Å². The molecule has 1 spiro atoms. The number of hydrogen-bond acceptors (Lipinski definition) is 9. The normalized spacial score (nSPS) is 16.0. The molecule has 2 saturated heterocycles. The molecule has 11 heteroatoms. The Bertz CT molecular complexity index is 1700. The van der Waals surface area contributed by atoms with Crippen LogP contribution in [0.4, 0.5) is 16.6 Å². The molecule has 0 atom stereocenters. The topological polar surface area (TPSA) is 114 Å². The molecule has 1 N–H and O–H groups in total. The molecular formula is C30H34N8O2S. The van der Waals surface area contributed by atoms with Gasteiger partial charge in [-0.25, -0.2) is 14.6 Å². The number of fused-ring (bicyclic) bond motifs is 1. The zero-order chi connectivity index (χ0) is 29.3. The van der Waals surface area contributed by atoms with Gasteiger partial charge in [-0.2, -0.15) is 10.4 Å². The number of likely N-dealkylation sites (tertiary alicyclic amines) is 1. The summed E-state index contributed by atoms with van der Waals surface area (Å²) in [5, 5.41) is 26.4. The highest BCUT2D eigenvalue weighted by Gasteiger charge is 2.54. The molecule has 4 aromatic rings. The van der Waals surface area contributed by atoms with Crippen LogP contribution in [0.5, 0.6) is 0 Å². The van der Waals surface area contributed by atoms with E-state index in [1.54, 1.807) is 18.7 Å². The summed E-state index contributed by atoms with van der Waals surface area (Å²) in [4.78, 5) is 28.8. The summed E-state index contributed by atoms with van der Waals surface area (Å²) in [5.74, 6) is 0.665. The number of hydrogen-bond donors (Lipinski definition) is 1. The molecular weight excluding hydrogens is 536 g/mol. The van der Waals surface area contributed by atoms with Crippen LogP contribution < -0.4 is 9.80 Å². The molecule has 0 unspecified atom stereocenters. The summed E-state index contributed by atoms with van der Waals surface area (Å²) < 4.78 is 1.93. The number of rotatable bonds is 6. The predicted molar refractivity (Wildman–Crippen MR) is 161 cm³/mol. The van der Waals surface area contributed by atoms with Gasteiger partial charge in [0.1, 0.15) is 28.1 Å². The highest BCUT2D eigenvalue weighted by molar-refractivity contribution is 7.16. The van der Waals surface area contributed by atoms with Crippen LogP contribution in [0.25, 0.3) is 22.3 Å². The van der Waals surface area contributed by atoms with Gasteiger partial charge in [0.05, 0.1) is 16.8 Å². The van der Waals surface area contributed by atoms with Crippen molar-refractivity contribution in [3.8, 4) is 17.3 Å². The summed E-state index contributed by atoms with van der Waals surface area (Å²) in [6, 6.07) is 12.5. The molecule has 2 fully saturated rings. The van der Waals surface area contributed by atoms with Crippen molar-refractivity contribution in [1.29, 1.82) is 5.26 Å². The first-order valence-corrected chi connectivity index (χ1v) is 14.6. The third kappa shape index (κ3) is 4.51. The monoisotopic (exact) mass is 570 g/mol. The van der Waals surface area contributed by atoms with Gasteiger partial charge >= 0.3 is 0 Å². The average Bonchev–Trinajstić information content (AvgIpc) is 3.47. The first-order chi connectivity index (χ1) is 19.4. The van der Waals surface area contributed by atoms with E-state index in [0.717, 1.165) is 46.8 Å². The first-order valence-electron chi connectivity index (χ1n) is 13.8. The molecule has 6 rings (SSSR count). The molecule has 2 aliphatic heterocycles. The molecule has 5 heterocycles. The molecule has 0 bridgehead atoms. The average molecular weight is 571 g/mol. The minimum Gasteiger partial charge on any atom is -0.381 e. The van der Waals surface area contributed by atoms with Crippen LogP contribution in [0, 0.1) is 30.6 Å². The molecule has 212 valence electrons. The Morgan fingerprint density at radius 3 is 2.46 bits per heavy atom. The van der Waals surface area contributed by atoms with Gasteiger partial charge in [-0.3, -0.25) is 4.79 Å². The van der Waals surface area contributed by atoms with Gasteiger partial charge in [0.2, 0.25) is 0 Å². The van der Waals surface area contributed by atoms with E-state index in [4.69, 9.17) is 15.1 Å². The van der Waals surface area contributed by atoms with Crippen LogP contribution >= 0.6 is 11.3 Å². The van der Waals surface area contributed by atoms with Gasteiger partial charge in [0.25, 0.3) is 5.91 Å². The number of aryl methyl sites for hydroxylation is 3. The molecule has 1 aromatic carbocycles. The number of anilines is 3. The summed E-state index contributed by atoms with van der Waals surface area (Å²) >= 11 is 1.37. The SMILES string of the molecule is CCn1nc2nc(C)c(N3CC4(CN(C(=O)C(C)(C)O)C4)C3)cc2c1N(C)c1nc(-c2ccc(C)cc2)c(C#N)s1. The number of carbonyl (C=O) groups excluding carboxylic acids is 1. The van der Waals surface area contributed by atoms with E-state index in [2.05, 4.69) is 17.0 Å². The zero-order valence-corrected chi connectivity index (χ0v) is 25.1. The highest BCUT2D eigenvalue weighted by Crippen LogP contribution is 2.45. The lowest BCUT2D eigenvalue weighted by Gasteiger charge is -2.61. The molecule has 1 amide bonds. The maximum absolute atomic E-state index is 12.4. The first kappa shape index (κ1) is 27.2. The van der Waals surface area contributed by atoms with Gasteiger partial charge in [-0.05, 0) is 40.7 Å². The lowest BCUT2D eigenvalue weighted by molar-refractivity contribution is -0.162. The van der Waals surface area contributed by atoms with E-state index >= 15 is 0 Å². The quantitative estimate of drug-likeness (QED) is 0.366. The number of benzene rings is 1. The zero-order valence-electron chi connectivity index (χ0n) is 24.3.